The van der Waals surface area contributed by atoms with Gasteiger partial charge in [0.2, 0.25) is 0 Å². The average Bonchev–Trinajstić information content (AvgIpc) is 2.09. The van der Waals surface area contributed by atoms with E-state index >= 15 is 0 Å². The summed E-state index contributed by atoms with van der Waals surface area (Å²) in [6, 6.07) is 8.27. The molecular weight excluding hydrogens is 176 g/mol. The normalized spacial score (nSPS) is 11.5. The van der Waals surface area contributed by atoms with Gasteiger partial charge in [-0.25, -0.2) is 0 Å². The SMILES string of the molecule is [Si]/C=C\c1ccc(/C=C\[Si])cc1. The molecule has 1 aromatic carbocycles. The molecule has 6 radical (unpaired) electrons. The third kappa shape index (κ3) is 2.64. The maximum atomic E-state index is 3.28. The Morgan fingerprint density at radius 3 is 1.33 bits per heavy atom. The Morgan fingerprint density at radius 1 is 0.750 bits per heavy atom. The molecule has 12 heavy (non-hydrogen) atoms. The Kier molecular flexibility index (Phi) is 3.77. The fraction of sp³-hybridized carbons (Fsp3) is 0. The van der Waals surface area contributed by atoms with Gasteiger partial charge in [0.05, 0.1) is 20.5 Å². The fourth-order valence-electron chi connectivity index (χ4n) is 0.911. The van der Waals surface area contributed by atoms with Crippen molar-refractivity contribution in [2.75, 3.05) is 0 Å². The zero-order valence-corrected chi connectivity index (χ0v) is 8.62. The molecule has 1 aromatic rings. The van der Waals surface area contributed by atoms with E-state index in [1.54, 1.807) is 0 Å². The van der Waals surface area contributed by atoms with E-state index in [2.05, 4.69) is 44.8 Å². The highest BCUT2D eigenvalue weighted by Gasteiger charge is 1.85. The van der Waals surface area contributed by atoms with Gasteiger partial charge < -0.3 is 0 Å². The molecule has 1 rings (SSSR count). The van der Waals surface area contributed by atoms with Crippen LogP contribution in [-0.4, -0.2) is 20.5 Å². The topological polar surface area (TPSA) is 0 Å². The van der Waals surface area contributed by atoms with Crippen molar-refractivity contribution >= 4 is 32.6 Å². The lowest BCUT2D eigenvalue weighted by atomic mass is 10.1. The van der Waals surface area contributed by atoms with Crippen molar-refractivity contribution in [3.8, 4) is 0 Å². The molecule has 0 unspecified atom stereocenters. The molecule has 0 aliphatic carbocycles. The Balaban J connectivity index is 2.85. The minimum absolute atomic E-state index is 1.19. The molecule has 0 N–H and O–H groups in total. The van der Waals surface area contributed by atoms with E-state index in [-0.39, 0.29) is 0 Å². The summed E-state index contributed by atoms with van der Waals surface area (Å²) < 4.78 is 0. The van der Waals surface area contributed by atoms with Crippen LogP contribution < -0.4 is 0 Å². The predicted octanol–water partition coefficient (Wildman–Crippen LogP) is 1.96. The lowest BCUT2D eigenvalue weighted by Gasteiger charge is -1.94. The highest BCUT2D eigenvalue weighted by atomic mass is 28.1. The van der Waals surface area contributed by atoms with Crippen molar-refractivity contribution in [1.29, 1.82) is 0 Å². The lowest BCUT2D eigenvalue weighted by molar-refractivity contribution is 1.62. The summed E-state index contributed by atoms with van der Waals surface area (Å²) in [5.41, 5.74) is 6.07. The summed E-state index contributed by atoms with van der Waals surface area (Å²) in [5.74, 6) is 0. The number of rotatable bonds is 2. The van der Waals surface area contributed by atoms with Gasteiger partial charge in [-0.3, -0.25) is 0 Å². The smallest absolute Gasteiger partial charge is 0.0601 e. The highest BCUT2D eigenvalue weighted by molar-refractivity contribution is 6.19. The van der Waals surface area contributed by atoms with Crippen LogP contribution in [0.25, 0.3) is 12.2 Å². The summed E-state index contributed by atoms with van der Waals surface area (Å²) in [6.45, 7) is 0. The molecule has 0 aromatic heterocycles. The van der Waals surface area contributed by atoms with E-state index in [9.17, 15) is 0 Å². The lowest BCUT2D eigenvalue weighted by Crippen LogP contribution is -1.74. The van der Waals surface area contributed by atoms with Gasteiger partial charge in [0, 0.05) is 0 Å². The van der Waals surface area contributed by atoms with Gasteiger partial charge in [0.25, 0.3) is 0 Å². The van der Waals surface area contributed by atoms with Crippen LogP contribution in [0, 0.1) is 0 Å². The van der Waals surface area contributed by atoms with Crippen molar-refractivity contribution in [3.05, 3.63) is 46.8 Å². The molecule has 0 bridgehead atoms. The molecule has 2 heteroatoms. The van der Waals surface area contributed by atoms with Crippen LogP contribution in [-0.2, 0) is 0 Å². The van der Waals surface area contributed by atoms with Gasteiger partial charge in [0.15, 0.2) is 0 Å². The van der Waals surface area contributed by atoms with Gasteiger partial charge in [0.1, 0.15) is 0 Å². The summed E-state index contributed by atoms with van der Waals surface area (Å²) in [5, 5.41) is 0. The fourth-order valence-corrected chi connectivity index (χ4v) is 1.30. The third-order valence-corrected chi connectivity index (χ3v) is 1.82. The summed E-state index contributed by atoms with van der Waals surface area (Å²) in [6.07, 6.45) is 4.00. The maximum absolute atomic E-state index is 3.28. The maximum Gasteiger partial charge on any atom is 0.0601 e. The monoisotopic (exact) mass is 184 g/mol. The molecule has 0 saturated carbocycles. The molecular formula is C10H8Si2. The van der Waals surface area contributed by atoms with E-state index in [4.69, 9.17) is 0 Å². The van der Waals surface area contributed by atoms with Gasteiger partial charge >= 0.3 is 0 Å². The van der Waals surface area contributed by atoms with E-state index in [0.29, 0.717) is 0 Å². The molecule has 0 spiro atoms. The molecule has 0 fully saturated rings. The molecule has 0 aliphatic heterocycles. The third-order valence-electron chi connectivity index (χ3n) is 1.49. The van der Waals surface area contributed by atoms with Crippen molar-refractivity contribution in [1.82, 2.24) is 0 Å². The van der Waals surface area contributed by atoms with Crippen LogP contribution in [0.2, 0.25) is 0 Å². The second-order valence-corrected chi connectivity index (χ2v) is 3.00. The van der Waals surface area contributed by atoms with E-state index in [0.717, 1.165) is 0 Å². The van der Waals surface area contributed by atoms with Gasteiger partial charge in [-0.1, -0.05) is 36.4 Å². The Bertz CT molecular complexity index is 252. The average molecular weight is 184 g/mol. The minimum atomic E-state index is 1.19. The first-order valence-corrected chi connectivity index (χ1v) is 4.80. The molecule has 56 valence electrons. The number of benzene rings is 1. The molecule has 0 nitrogen and oxygen atoms in total. The zero-order valence-electron chi connectivity index (χ0n) is 6.62. The first kappa shape index (κ1) is 9.22. The van der Waals surface area contributed by atoms with Crippen molar-refractivity contribution in [3.63, 3.8) is 0 Å². The van der Waals surface area contributed by atoms with Crippen molar-refractivity contribution < 1.29 is 0 Å². The summed E-state index contributed by atoms with van der Waals surface area (Å²) in [7, 11) is 6.56. The summed E-state index contributed by atoms with van der Waals surface area (Å²) >= 11 is 0. The first-order valence-electron chi connectivity index (χ1n) is 3.64. The Hall–Kier alpha value is -0.866. The largest absolute Gasteiger partial charge is 0.101 e. The van der Waals surface area contributed by atoms with Crippen molar-refractivity contribution in [2.24, 2.45) is 0 Å². The van der Waals surface area contributed by atoms with Gasteiger partial charge in [-0.05, 0) is 11.1 Å². The van der Waals surface area contributed by atoms with Crippen LogP contribution >= 0.6 is 0 Å². The quantitative estimate of drug-likeness (QED) is 0.616. The molecule has 0 aliphatic rings. The number of hydrogen-bond donors (Lipinski definition) is 0. The van der Waals surface area contributed by atoms with Gasteiger partial charge in [-0.2, -0.15) is 0 Å². The molecule has 0 amide bonds. The number of hydrogen-bond acceptors (Lipinski definition) is 0. The molecule has 0 atom stereocenters. The van der Waals surface area contributed by atoms with Crippen LogP contribution in [0.3, 0.4) is 0 Å². The predicted molar refractivity (Wildman–Crippen MR) is 56.0 cm³/mol. The first-order chi connectivity index (χ1) is 5.86. The zero-order chi connectivity index (χ0) is 8.81. The molecule has 0 saturated heterocycles. The van der Waals surface area contributed by atoms with Crippen molar-refractivity contribution in [2.45, 2.75) is 0 Å². The Labute approximate surface area is 79.9 Å². The minimum Gasteiger partial charge on any atom is -0.101 e. The van der Waals surface area contributed by atoms with Crippen LogP contribution in [0.1, 0.15) is 11.1 Å². The standard InChI is InChI=1S/C10H8Si2/c11-7-5-9-1-2-10(4-3-9)6-8-12/h1-8H/b7-5-,8-6-. The highest BCUT2D eigenvalue weighted by Crippen LogP contribution is 2.06. The van der Waals surface area contributed by atoms with Gasteiger partial charge in [-0.15, -0.1) is 11.4 Å². The van der Waals surface area contributed by atoms with E-state index in [1.165, 1.54) is 11.1 Å². The second kappa shape index (κ2) is 4.90. The van der Waals surface area contributed by atoms with E-state index in [1.807, 2.05) is 23.6 Å². The Morgan fingerprint density at radius 2 is 1.08 bits per heavy atom. The summed E-state index contributed by atoms with van der Waals surface area (Å²) in [4.78, 5) is 0. The van der Waals surface area contributed by atoms with E-state index < -0.39 is 0 Å². The van der Waals surface area contributed by atoms with Crippen LogP contribution in [0.5, 0.6) is 0 Å². The van der Waals surface area contributed by atoms with Crippen LogP contribution in [0.4, 0.5) is 0 Å². The van der Waals surface area contributed by atoms with Crippen LogP contribution in [0.15, 0.2) is 35.7 Å². The second-order valence-electron chi connectivity index (χ2n) is 2.33. The molecule has 0 heterocycles.